The molecule has 0 saturated heterocycles. The lowest BCUT2D eigenvalue weighted by atomic mass is 9.76. The third kappa shape index (κ3) is 6.84. The molecule has 0 radical (unpaired) electrons. The van der Waals surface area contributed by atoms with Crippen LogP contribution >= 0.6 is 11.8 Å². The van der Waals surface area contributed by atoms with Gasteiger partial charge in [-0.05, 0) is 61.3 Å². The molecular weight excluding hydrogens is 428 g/mol. The van der Waals surface area contributed by atoms with Gasteiger partial charge in [0.1, 0.15) is 5.82 Å². The molecule has 33 heavy (non-hydrogen) atoms. The van der Waals surface area contributed by atoms with Gasteiger partial charge >= 0.3 is 5.97 Å². The molecule has 0 bridgehead atoms. The van der Waals surface area contributed by atoms with Crippen LogP contribution in [0.25, 0.3) is 0 Å². The van der Waals surface area contributed by atoms with Gasteiger partial charge in [-0.25, -0.2) is 9.97 Å². The van der Waals surface area contributed by atoms with E-state index in [1.807, 2.05) is 18.7 Å². The van der Waals surface area contributed by atoms with Crippen LogP contribution in [0.15, 0.2) is 29.4 Å². The molecule has 1 aliphatic heterocycles. The average molecular weight is 465 g/mol. The van der Waals surface area contributed by atoms with E-state index in [1.54, 1.807) is 12.4 Å². The SMILES string of the molecule is CCOC(=O)CCCCc1ncc(C#Cc2cc3c(cc2CC)SC(C)(C)CC3(C)C)cn1. The molecule has 0 N–H and O–H groups in total. The summed E-state index contributed by atoms with van der Waals surface area (Å²) in [5.41, 5.74) is 4.75. The summed E-state index contributed by atoms with van der Waals surface area (Å²) in [6, 6.07) is 4.66. The standard InChI is InChI=1S/C28H36N2O2S/c1-7-21-16-24-23(27(3,4)19-28(5,6)33-24)15-22(21)14-13-20-17-29-25(30-18-20)11-9-10-12-26(31)32-8-2/h15-18H,7-12,19H2,1-6H3. The Hall–Kier alpha value is -2.32. The van der Waals surface area contributed by atoms with Crippen LogP contribution in [-0.4, -0.2) is 27.3 Å². The Morgan fingerprint density at radius 3 is 2.48 bits per heavy atom. The highest BCUT2D eigenvalue weighted by Crippen LogP contribution is 2.51. The van der Waals surface area contributed by atoms with Crippen molar-refractivity contribution < 1.29 is 9.53 Å². The fourth-order valence-electron chi connectivity index (χ4n) is 4.61. The van der Waals surface area contributed by atoms with Gasteiger partial charge in [-0.2, -0.15) is 0 Å². The zero-order chi connectivity index (χ0) is 24.1. The molecule has 176 valence electrons. The summed E-state index contributed by atoms with van der Waals surface area (Å²) in [4.78, 5) is 21.7. The summed E-state index contributed by atoms with van der Waals surface area (Å²) in [6.07, 6.45) is 8.55. The highest BCUT2D eigenvalue weighted by molar-refractivity contribution is 8.00. The van der Waals surface area contributed by atoms with E-state index in [1.165, 1.54) is 16.0 Å². The van der Waals surface area contributed by atoms with Gasteiger partial charge in [-0.15, -0.1) is 11.8 Å². The van der Waals surface area contributed by atoms with Gasteiger partial charge < -0.3 is 4.74 Å². The minimum absolute atomic E-state index is 0.130. The summed E-state index contributed by atoms with van der Waals surface area (Å²) in [5.74, 6) is 7.31. The van der Waals surface area contributed by atoms with Crippen molar-refractivity contribution in [2.45, 2.75) is 95.1 Å². The number of aromatic nitrogens is 2. The van der Waals surface area contributed by atoms with E-state index < -0.39 is 0 Å². The molecule has 1 aromatic carbocycles. The van der Waals surface area contributed by atoms with Crippen molar-refractivity contribution in [2.75, 3.05) is 6.61 Å². The van der Waals surface area contributed by atoms with E-state index in [4.69, 9.17) is 4.74 Å². The zero-order valence-corrected chi connectivity index (χ0v) is 21.7. The second-order valence-corrected chi connectivity index (χ2v) is 11.7. The van der Waals surface area contributed by atoms with Crippen LogP contribution in [0.4, 0.5) is 0 Å². The number of carbonyl (C=O) groups excluding carboxylic acids is 1. The number of benzene rings is 1. The van der Waals surface area contributed by atoms with E-state index in [-0.39, 0.29) is 16.1 Å². The average Bonchev–Trinajstić information content (AvgIpc) is 2.74. The van der Waals surface area contributed by atoms with Gasteiger partial charge in [0.2, 0.25) is 0 Å². The van der Waals surface area contributed by atoms with Crippen LogP contribution < -0.4 is 0 Å². The summed E-state index contributed by atoms with van der Waals surface area (Å²) in [5, 5.41) is 0. The van der Waals surface area contributed by atoms with Gasteiger partial charge in [-0.3, -0.25) is 4.79 Å². The Balaban J connectivity index is 1.70. The van der Waals surface area contributed by atoms with Crippen LogP contribution in [0.2, 0.25) is 0 Å². The van der Waals surface area contributed by atoms with Crippen molar-refractivity contribution in [1.29, 1.82) is 0 Å². The van der Waals surface area contributed by atoms with Gasteiger partial charge in [0, 0.05) is 40.4 Å². The molecule has 4 nitrogen and oxygen atoms in total. The van der Waals surface area contributed by atoms with Crippen LogP contribution in [0.5, 0.6) is 0 Å². The largest absolute Gasteiger partial charge is 0.466 e. The number of hydrogen-bond donors (Lipinski definition) is 0. The predicted molar refractivity (Wildman–Crippen MR) is 136 cm³/mol. The monoisotopic (exact) mass is 464 g/mol. The Labute approximate surface area is 203 Å². The van der Waals surface area contributed by atoms with Gasteiger partial charge in [0.25, 0.3) is 0 Å². The van der Waals surface area contributed by atoms with E-state index in [0.29, 0.717) is 13.0 Å². The Morgan fingerprint density at radius 1 is 1.09 bits per heavy atom. The number of rotatable bonds is 7. The number of nitrogens with zero attached hydrogens (tertiary/aromatic N) is 2. The Bertz CT molecular complexity index is 1050. The molecule has 0 fully saturated rings. The van der Waals surface area contributed by atoms with Gasteiger partial charge in [0.15, 0.2) is 0 Å². The molecule has 0 aliphatic carbocycles. The van der Waals surface area contributed by atoms with E-state index in [9.17, 15) is 4.79 Å². The fourth-order valence-corrected chi connectivity index (χ4v) is 6.29. The minimum atomic E-state index is -0.136. The highest BCUT2D eigenvalue weighted by atomic mass is 32.2. The number of fused-ring (bicyclic) bond motifs is 1. The molecule has 2 heterocycles. The molecule has 0 spiro atoms. The number of thioether (sulfide) groups is 1. The predicted octanol–water partition coefficient (Wildman–Crippen LogP) is 6.27. The topological polar surface area (TPSA) is 52.1 Å². The number of ether oxygens (including phenoxy) is 1. The van der Waals surface area contributed by atoms with Crippen LogP contribution in [-0.2, 0) is 27.8 Å². The maximum Gasteiger partial charge on any atom is 0.305 e. The van der Waals surface area contributed by atoms with E-state index in [2.05, 4.69) is 68.6 Å². The van der Waals surface area contributed by atoms with Crippen molar-refractivity contribution in [1.82, 2.24) is 9.97 Å². The molecule has 3 rings (SSSR count). The van der Waals surface area contributed by atoms with Crippen molar-refractivity contribution in [3.63, 3.8) is 0 Å². The lowest BCUT2D eigenvalue weighted by Crippen LogP contribution is -2.33. The first-order valence-corrected chi connectivity index (χ1v) is 12.8. The minimum Gasteiger partial charge on any atom is -0.466 e. The summed E-state index contributed by atoms with van der Waals surface area (Å²) >= 11 is 1.99. The summed E-state index contributed by atoms with van der Waals surface area (Å²) < 4.78 is 5.20. The van der Waals surface area contributed by atoms with Gasteiger partial charge in [-0.1, -0.05) is 46.5 Å². The summed E-state index contributed by atoms with van der Waals surface area (Å²) in [7, 11) is 0. The zero-order valence-electron chi connectivity index (χ0n) is 20.9. The molecule has 1 aliphatic rings. The van der Waals surface area contributed by atoms with Crippen molar-refractivity contribution in [3.05, 3.63) is 52.6 Å². The Kier molecular flexibility index (Phi) is 8.23. The number of carbonyl (C=O) groups is 1. The number of aryl methyl sites for hydroxylation is 2. The van der Waals surface area contributed by atoms with Crippen LogP contribution in [0.3, 0.4) is 0 Å². The first kappa shape index (κ1) is 25.3. The molecule has 0 atom stereocenters. The van der Waals surface area contributed by atoms with Gasteiger partial charge in [0.05, 0.1) is 12.2 Å². The van der Waals surface area contributed by atoms with Crippen molar-refractivity contribution in [2.24, 2.45) is 0 Å². The second kappa shape index (κ2) is 10.7. The number of unbranched alkanes of at least 4 members (excludes halogenated alkanes) is 1. The second-order valence-electron chi connectivity index (χ2n) is 9.93. The molecule has 0 amide bonds. The first-order valence-electron chi connectivity index (χ1n) is 12.0. The molecule has 2 aromatic rings. The van der Waals surface area contributed by atoms with Crippen molar-refractivity contribution in [3.8, 4) is 11.8 Å². The first-order chi connectivity index (χ1) is 15.6. The maximum atomic E-state index is 11.4. The highest BCUT2D eigenvalue weighted by Gasteiger charge is 2.38. The number of esters is 1. The third-order valence-corrected chi connectivity index (χ3v) is 7.21. The smallest absolute Gasteiger partial charge is 0.305 e. The number of hydrogen-bond acceptors (Lipinski definition) is 5. The molecular formula is C28H36N2O2S. The van der Waals surface area contributed by atoms with Crippen molar-refractivity contribution >= 4 is 17.7 Å². The molecule has 0 saturated carbocycles. The Morgan fingerprint density at radius 2 is 1.82 bits per heavy atom. The maximum absolute atomic E-state index is 11.4. The third-order valence-electron chi connectivity index (χ3n) is 5.95. The van der Waals surface area contributed by atoms with E-state index >= 15 is 0 Å². The lowest BCUT2D eigenvalue weighted by molar-refractivity contribution is -0.143. The normalized spacial score (nSPS) is 15.8. The molecule has 0 unspecified atom stereocenters. The van der Waals surface area contributed by atoms with Crippen LogP contribution in [0, 0.1) is 11.8 Å². The van der Waals surface area contributed by atoms with E-state index in [0.717, 1.165) is 49.1 Å². The quantitative estimate of drug-likeness (QED) is 0.275. The summed E-state index contributed by atoms with van der Waals surface area (Å²) in [6.45, 7) is 13.8. The lowest BCUT2D eigenvalue weighted by Gasteiger charge is -2.42. The van der Waals surface area contributed by atoms with Crippen LogP contribution in [0.1, 0.15) is 95.3 Å². The fraction of sp³-hybridized carbons (Fsp3) is 0.536. The molecule has 1 aromatic heterocycles. The molecule has 5 heteroatoms.